The molecule has 33 heavy (non-hydrogen) atoms. The Bertz CT molecular complexity index is 937. The second-order valence-electron chi connectivity index (χ2n) is 11.3. The summed E-state index contributed by atoms with van der Waals surface area (Å²) < 4.78 is 16.3. The SMILES string of the molecule is C[C@@H]1C(=O)O[C@H]2C[C@@]34[C@@H](C[C@@H](C(C)(C)C)[C@@H]3C(=O)C(=O)N3CCOCC3)OC(=O)[C@]4(O)[C@]21O. The number of hydrogen-bond donors (Lipinski definition) is 2. The summed E-state index contributed by atoms with van der Waals surface area (Å²) in [5.41, 5.74) is -6.84. The van der Waals surface area contributed by atoms with E-state index in [1.54, 1.807) is 0 Å². The number of nitrogens with zero attached hydrogens (tertiary/aromatic N) is 1. The van der Waals surface area contributed by atoms with Gasteiger partial charge in [0.05, 0.1) is 24.5 Å². The molecule has 0 unspecified atom stereocenters. The number of morpholine rings is 1. The van der Waals surface area contributed by atoms with Crippen LogP contribution >= 0.6 is 0 Å². The second kappa shape index (κ2) is 6.76. The number of esters is 2. The number of ketones is 1. The highest BCUT2D eigenvalue weighted by atomic mass is 16.6. The minimum Gasteiger partial charge on any atom is -0.459 e. The predicted molar refractivity (Wildman–Crippen MR) is 109 cm³/mol. The third kappa shape index (κ3) is 2.49. The van der Waals surface area contributed by atoms with Crippen LogP contribution in [0.2, 0.25) is 0 Å². The Hall–Kier alpha value is -2.04. The number of rotatable bonds is 2. The maximum Gasteiger partial charge on any atom is 0.342 e. The maximum atomic E-state index is 13.9. The Morgan fingerprint density at radius 2 is 1.70 bits per heavy atom. The Balaban J connectivity index is 1.65. The van der Waals surface area contributed by atoms with Crippen LogP contribution in [0.1, 0.15) is 40.5 Å². The van der Waals surface area contributed by atoms with Gasteiger partial charge in [-0.2, -0.15) is 0 Å². The lowest BCUT2D eigenvalue weighted by atomic mass is 9.58. The summed E-state index contributed by atoms with van der Waals surface area (Å²) in [4.78, 5) is 54.1. The molecule has 5 rings (SSSR count). The van der Waals surface area contributed by atoms with E-state index in [1.807, 2.05) is 20.8 Å². The van der Waals surface area contributed by atoms with Crippen molar-refractivity contribution < 1.29 is 43.6 Å². The zero-order valence-corrected chi connectivity index (χ0v) is 19.3. The molecule has 3 aliphatic heterocycles. The van der Waals surface area contributed by atoms with Gasteiger partial charge >= 0.3 is 11.9 Å². The first-order valence-corrected chi connectivity index (χ1v) is 11.6. The number of ether oxygens (including phenoxy) is 3. The molecule has 5 aliphatic rings. The summed E-state index contributed by atoms with van der Waals surface area (Å²) in [6.07, 6.45) is -1.93. The van der Waals surface area contributed by atoms with Crippen molar-refractivity contribution in [3.8, 4) is 0 Å². The van der Waals surface area contributed by atoms with Crippen LogP contribution in [-0.4, -0.2) is 88.5 Å². The zero-order chi connectivity index (χ0) is 24.1. The van der Waals surface area contributed by atoms with E-state index in [0.29, 0.717) is 13.2 Å². The highest BCUT2D eigenvalue weighted by molar-refractivity contribution is 6.37. The van der Waals surface area contributed by atoms with Crippen molar-refractivity contribution in [2.75, 3.05) is 26.3 Å². The molecule has 0 aromatic rings. The van der Waals surface area contributed by atoms with Gasteiger partial charge in [-0.3, -0.25) is 14.4 Å². The highest BCUT2D eigenvalue weighted by Gasteiger charge is 2.90. The lowest BCUT2D eigenvalue weighted by Gasteiger charge is -2.44. The molecule has 1 spiro atoms. The third-order valence-corrected chi connectivity index (χ3v) is 8.99. The van der Waals surface area contributed by atoms with E-state index in [-0.39, 0.29) is 25.9 Å². The molecule has 1 amide bonds. The van der Waals surface area contributed by atoms with E-state index in [0.717, 1.165) is 0 Å². The fourth-order valence-electron chi connectivity index (χ4n) is 7.26. The standard InChI is InChI=1S/C23H31NO9/c1-11-18(27)32-14-10-21-13(33-19(28)23(21,30)22(11,14)29)9-12(20(2,3)4)15(21)16(25)17(26)24-5-7-31-8-6-24/h11-15,29-30H,5-10H2,1-4H3/t11-,12-,13-,14+,15-,21-,22-,23-/m1/s1. The quantitative estimate of drug-likeness (QED) is 0.405. The van der Waals surface area contributed by atoms with Crippen molar-refractivity contribution in [1.82, 2.24) is 4.90 Å². The Morgan fingerprint density at radius 1 is 1.06 bits per heavy atom. The van der Waals surface area contributed by atoms with Crippen molar-refractivity contribution in [3.05, 3.63) is 0 Å². The normalized spacial score (nSPS) is 46.5. The van der Waals surface area contributed by atoms with E-state index >= 15 is 0 Å². The van der Waals surface area contributed by atoms with Gasteiger partial charge in [0, 0.05) is 25.4 Å². The molecule has 0 bridgehead atoms. The van der Waals surface area contributed by atoms with Crippen LogP contribution in [-0.2, 0) is 33.4 Å². The molecule has 182 valence electrons. The molecule has 2 saturated carbocycles. The van der Waals surface area contributed by atoms with Gasteiger partial charge in [0.25, 0.3) is 5.91 Å². The summed E-state index contributed by atoms with van der Waals surface area (Å²) in [5, 5.41) is 23.7. The zero-order valence-electron chi connectivity index (χ0n) is 19.3. The molecule has 2 aliphatic carbocycles. The van der Waals surface area contributed by atoms with Crippen molar-refractivity contribution in [2.45, 2.75) is 63.9 Å². The first-order chi connectivity index (χ1) is 15.3. The minimum absolute atomic E-state index is 0.133. The Labute approximate surface area is 191 Å². The van der Waals surface area contributed by atoms with Crippen molar-refractivity contribution in [1.29, 1.82) is 0 Å². The monoisotopic (exact) mass is 465 g/mol. The minimum atomic E-state index is -2.55. The van der Waals surface area contributed by atoms with Gasteiger partial charge in [0.1, 0.15) is 12.2 Å². The molecule has 3 saturated heterocycles. The molecular weight excluding hydrogens is 434 g/mol. The fraction of sp³-hybridized carbons (Fsp3) is 0.826. The van der Waals surface area contributed by atoms with Gasteiger partial charge in [0.15, 0.2) is 5.60 Å². The predicted octanol–water partition coefficient (Wildman–Crippen LogP) is -0.564. The van der Waals surface area contributed by atoms with Crippen molar-refractivity contribution in [2.24, 2.45) is 28.6 Å². The highest BCUT2D eigenvalue weighted by Crippen LogP contribution is 2.73. The number of hydrogen-bond acceptors (Lipinski definition) is 9. The van der Waals surface area contributed by atoms with Crippen LogP contribution in [0.5, 0.6) is 0 Å². The number of Topliss-reactive ketones (excluding diaryl/α,β-unsaturated/α-hetero) is 1. The molecule has 8 atom stereocenters. The fourth-order valence-corrected chi connectivity index (χ4v) is 7.26. The number of carbonyl (C=O) groups excluding carboxylic acids is 4. The van der Waals surface area contributed by atoms with Gasteiger partial charge in [0.2, 0.25) is 11.4 Å². The number of amides is 1. The Kier molecular flexibility index (Phi) is 4.66. The van der Waals surface area contributed by atoms with Crippen LogP contribution in [0.25, 0.3) is 0 Å². The molecule has 5 fully saturated rings. The summed E-state index contributed by atoms with van der Waals surface area (Å²) in [6, 6.07) is 0. The average molecular weight is 465 g/mol. The summed E-state index contributed by atoms with van der Waals surface area (Å²) in [7, 11) is 0. The lowest BCUT2D eigenvalue weighted by Crippen LogP contribution is -2.67. The molecule has 10 heteroatoms. The van der Waals surface area contributed by atoms with E-state index in [1.165, 1.54) is 11.8 Å². The van der Waals surface area contributed by atoms with Crippen LogP contribution in [0.3, 0.4) is 0 Å². The number of carbonyl (C=O) groups is 4. The second-order valence-corrected chi connectivity index (χ2v) is 11.3. The summed E-state index contributed by atoms with van der Waals surface area (Å²) >= 11 is 0. The van der Waals surface area contributed by atoms with E-state index in [9.17, 15) is 29.4 Å². The molecule has 3 heterocycles. The van der Waals surface area contributed by atoms with Crippen LogP contribution < -0.4 is 0 Å². The van der Waals surface area contributed by atoms with E-state index in [2.05, 4.69) is 0 Å². The van der Waals surface area contributed by atoms with E-state index in [4.69, 9.17) is 14.2 Å². The summed E-state index contributed by atoms with van der Waals surface area (Å²) in [6.45, 7) is 8.38. The Morgan fingerprint density at radius 3 is 2.30 bits per heavy atom. The van der Waals surface area contributed by atoms with Gasteiger partial charge < -0.3 is 29.3 Å². The first-order valence-electron chi connectivity index (χ1n) is 11.6. The van der Waals surface area contributed by atoms with E-state index < -0.39 is 75.6 Å². The third-order valence-electron chi connectivity index (χ3n) is 8.99. The van der Waals surface area contributed by atoms with Crippen LogP contribution in [0.4, 0.5) is 0 Å². The molecular formula is C23H31NO9. The lowest BCUT2D eigenvalue weighted by molar-refractivity contribution is -0.203. The summed E-state index contributed by atoms with van der Waals surface area (Å²) in [5.74, 6) is -5.88. The molecule has 10 nitrogen and oxygen atoms in total. The average Bonchev–Trinajstić information content (AvgIpc) is 3.34. The first kappa shape index (κ1) is 22.7. The molecule has 0 radical (unpaired) electrons. The van der Waals surface area contributed by atoms with Gasteiger partial charge in [-0.1, -0.05) is 20.8 Å². The van der Waals surface area contributed by atoms with Crippen molar-refractivity contribution >= 4 is 23.6 Å². The maximum absolute atomic E-state index is 13.9. The van der Waals surface area contributed by atoms with Gasteiger partial charge in [-0.25, -0.2) is 4.79 Å². The largest absolute Gasteiger partial charge is 0.459 e. The number of aliphatic hydroxyl groups is 2. The van der Waals surface area contributed by atoms with Gasteiger partial charge in [-0.15, -0.1) is 0 Å². The van der Waals surface area contributed by atoms with Gasteiger partial charge in [-0.05, 0) is 24.7 Å². The molecule has 2 N–H and O–H groups in total. The van der Waals surface area contributed by atoms with Crippen LogP contribution in [0.15, 0.2) is 0 Å². The van der Waals surface area contributed by atoms with Crippen molar-refractivity contribution in [3.63, 3.8) is 0 Å². The number of fused-ring (bicyclic) bond motifs is 2. The topological polar surface area (TPSA) is 140 Å². The molecule has 0 aromatic carbocycles. The smallest absolute Gasteiger partial charge is 0.342 e. The van der Waals surface area contributed by atoms with Crippen LogP contribution in [0, 0.1) is 28.6 Å². The molecule has 0 aromatic heterocycles.